The summed E-state index contributed by atoms with van der Waals surface area (Å²) in [6.45, 7) is 1.96. The van der Waals surface area contributed by atoms with Crippen LogP contribution in [0.15, 0.2) is 64.8 Å². The molecule has 0 spiro atoms. The van der Waals surface area contributed by atoms with Gasteiger partial charge in [-0.15, -0.1) is 11.3 Å². The smallest absolute Gasteiger partial charge is 0.257 e. The molecule has 0 saturated carbocycles. The van der Waals surface area contributed by atoms with Crippen LogP contribution >= 0.6 is 38.9 Å². The molecule has 1 N–H and O–H groups in total. The second kappa shape index (κ2) is 8.53. The number of aryl methyl sites for hydroxylation is 1. The molecule has 0 bridgehead atoms. The van der Waals surface area contributed by atoms with Crippen molar-refractivity contribution >= 4 is 56.0 Å². The molecule has 4 rings (SSSR count). The maximum absolute atomic E-state index is 12.8. The molecule has 29 heavy (non-hydrogen) atoms. The van der Waals surface area contributed by atoms with Crippen LogP contribution < -0.4 is 10.1 Å². The zero-order valence-corrected chi connectivity index (χ0v) is 18.6. The fraction of sp³-hybridized carbons (Fsp3) is 0.0909. The number of amides is 1. The van der Waals surface area contributed by atoms with Crippen LogP contribution in [-0.4, -0.2) is 10.9 Å². The molecule has 1 aliphatic heterocycles. The number of nitrogens with one attached hydrogen (secondary N) is 1. The number of fused-ring (bicyclic) bond motifs is 1. The normalized spacial score (nSPS) is 12.6. The summed E-state index contributed by atoms with van der Waals surface area (Å²) in [6, 6.07) is 13.5. The number of rotatable bonds is 4. The summed E-state index contributed by atoms with van der Waals surface area (Å²) < 4.78 is 6.59. The Bertz CT molecular complexity index is 1140. The summed E-state index contributed by atoms with van der Waals surface area (Å²) >= 11 is 11.0. The van der Waals surface area contributed by atoms with Crippen LogP contribution in [0.2, 0.25) is 5.02 Å². The summed E-state index contributed by atoms with van der Waals surface area (Å²) in [4.78, 5) is 18.4. The summed E-state index contributed by atoms with van der Waals surface area (Å²) in [5.41, 5.74) is 3.32. The van der Waals surface area contributed by atoms with Gasteiger partial charge in [0, 0.05) is 31.9 Å². The second-order valence-corrected chi connectivity index (χ2v) is 8.92. The van der Waals surface area contributed by atoms with Crippen LogP contribution in [0.3, 0.4) is 0 Å². The van der Waals surface area contributed by atoms with E-state index in [-0.39, 0.29) is 5.91 Å². The van der Waals surface area contributed by atoms with Crippen molar-refractivity contribution in [2.45, 2.75) is 13.3 Å². The molecular weight excluding hydrogens is 472 g/mol. The van der Waals surface area contributed by atoms with E-state index < -0.39 is 0 Å². The number of halogens is 2. The summed E-state index contributed by atoms with van der Waals surface area (Å²) in [6.07, 6.45) is 5.65. The van der Waals surface area contributed by atoms with E-state index in [1.54, 1.807) is 30.4 Å². The Morgan fingerprint density at radius 3 is 2.83 bits per heavy atom. The molecule has 0 atom stereocenters. The monoisotopic (exact) mass is 486 g/mol. The quantitative estimate of drug-likeness (QED) is 0.464. The highest BCUT2D eigenvalue weighted by Gasteiger charge is 2.15. The Kier molecular flexibility index (Phi) is 5.85. The lowest BCUT2D eigenvalue weighted by molar-refractivity contribution is -0.112. The fourth-order valence-corrected chi connectivity index (χ4v) is 4.32. The molecule has 0 fully saturated rings. The highest BCUT2D eigenvalue weighted by molar-refractivity contribution is 9.10. The van der Waals surface area contributed by atoms with E-state index in [2.05, 4.69) is 38.4 Å². The van der Waals surface area contributed by atoms with Gasteiger partial charge in [-0.3, -0.25) is 10.1 Å². The van der Waals surface area contributed by atoms with Crippen molar-refractivity contribution in [1.82, 2.24) is 4.98 Å². The van der Waals surface area contributed by atoms with Crippen LogP contribution in [-0.2, 0) is 11.2 Å². The second-order valence-electron chi connectivity index (χ2n) is 6.49. The van der Waals surface area contributed by atoms with E-state index in [0.29, 0.717) is 21.5 Å². The van der Waals surface area contributed by atoms with Crippen molar-refractivity contribution < 1.29 is 9.53 Å². The SMILES string of the molecule is Cc1nc(NC(=O)C2=Cc3cc(Cl)ccc3OC=C2)sc1Cc1ccc(Br)cc1. The van der Waals surface area contributed by atoms with Crippen molar-refractivity contribution in [1.29, 1.82) is 0 Å². The lowest BCUT2D eigenvalue weighted by Crippen LogP contribution is -2.12. The van der Waals surface area contributed by atoms with Gasteiger partial charge in [0.25, 0.3) is 5.91 Å². The van der Waals surface area contributed by atoms with E-state index in [9.17, 15) is 4.79 Å². The van der Waals surface area contributed by atoms with Gasteiger partial charge in [0.1, 0.15) is 5.75 Å². The van der Waals surface area contributed by atoms with E-state index in [1.165, 1.54) is 23.2 Å². The van der Waals surface area contributed by atoms with E-state index in [0.717, 1.165) is 27.0 Å². The highest BCUT2D eigenvalue weighted by Crippen LogP contribution is 2.29. The molecule has 146 valence electrons. The van der Waals surface area contributed by atoms with Gasteiger partial charge >= 0.3 is 0 Å². The molecular formula is C22H16BrClN2O2S. The molecule has 2 heterocycles. The van der Waals surface area contributed by atoms with Gasteiger partial charge in [-0.25, -0.2) is 4.98 Å². The number of ether oxygens (including phenoxy) is 1. The summed E-state index contributed by atoms with van der Waals surface area (Å²) in [5.74, 6) is 0.400. The number of carbonyl (C=O) groups is 1. The van der Waals surface area contributed by atoms with Gasteiger partial charge in [0.05, 0.1) is 12.0 Å². The average Bonchev–Trinajstić information content (AvgIpc) is 2.89. The molecule has 0 radical (unpaired) electrons. The number of nitrogens with zero attached hydrogens (tertiary/aromatic N) is 1. The minimum Gasteiger partial charge on any atom is -0.464 e. The molecule has 3 aromatic rings. The third-order valence-electron chi connectivity index (χ3n) is 4.38. The highest BCUT2D eigenvalue weighted by atomic mass is 79.9. The number of hydrogen-bond donors (Lipinski definition) is 1. The minimum atomic E-state index is -0.249. The van der Waals surface area contributed by atoms with Crippen LogP contribution in [0.25, 0.3) is 6.08 Å². The number of aromatic nitrogens is 1. The molecule has 1 aromatic heterocycles. The molecule has 0 aliphatic carbocycles. The topological polar surface area (TPSA) is 51.2 Å². The first-order chi connectivity index (χ1) is 14.0. The summed E-state index contributed by atoms with van der Waals surface area (Å²) in [7, 11) is 0. The predicted molar refractivity (Wildman–Crippen MR) is 122 cm³/mol. The Labute approximate surface area is 186 Å². The van der Waals surface area contributed by atoms with Gasteiger partial charge in [0.15, 0.2) is 5.13 Å². The molecule has 1 aliphatic rings. The minimum absolute atomic E-state index is 0.249. The van der Waals surface area contributed by atoms with Crippen LogP contribution in [0.5, 0.6) is 5.75 Å². The van der Waals surface area contributed by atoms with E-state index in [4.69, 9.17) is 16.3 Å². The Balaban J connectivity index is 1.52. The first-order valence-electron chi connectivity index (χ1n) is 8.84. The molecule has 0 unspecified atom stereocenters. The van der Waals surface area contributed by atoms with Crippen LogP contribution in [0.1, 0.15) is 21.7 Å². The Morgan fingerprint density at radius 1 is 1.24 bits per heavy atom. The van der Waals surface area contributed by atoms with Crippen LogP contribution in [0, 0.1) is 6.92 Å². The first kappa shape index (κ1) is 19.9. The van der Waals surface area contributed by atoms with Gasteiger partial charge in [-0.1, -0.05) is 39.7 Å². The fourth-order valence-electron chi connectivity index (χ4n) is 2.88. The lowest BCUT2D eigenvalue weighted by atomic mass is 10.1. The van der Waals surface area contributed by atoms with Crippen LogP contribution in [0.4, 0.5) is 5.13 Å². The number of thiazole rings is 1. The van der Waals surface area contributed by atoms with E-state index in [1.807, 2.05) is 19.1 Å². The Hall–Kier alpha value is -2.41. The Morgan fingerprint density at radius 2 is 2.03 bits per heavy atom. The predicted octanol–water partition coefficient (Wildman–Crippen LogP) is 6.39. The maximum Gasteiger partial charge on any atom is 0.257 e. The standard InChI is InChI=1S/C22H16BrClN2O2S/c1-13-20(10-14-2-4-17(23)5-3-14)29-22(25-13)26-21(27)15-8-9-28-19-7-6-18(24)12-16(19)11-15/h2-9,11-12H,10H2,1H3,(H,25,26,27). The third kappa shape index (κ3) is 4.78. The molecule has 1 amide bonds. The van der Waals surface area contributed by atoms with Crippen molar-refractivity contribution in [2.24, 2.45) is 0 Å². The number of anilines is 1. The van der Waals surface area contributed by atoms with Crippen molar-refractivity contribution in [3.05, 3.63) is 91.6 Å². The largest absolute Gasteiger partial charge is 0.464 e. The number of carbonyl (C=O) groups excluding carboxylic acids is 1. The van der Waals surface area contributed by atoms with Gasteiger partial charge in [-0.05, 0) is 55.0 Å². The summed E-state index contributed by atoms with van der Waals surface area (Å²) in [5, 5.41) is 4.05. The number of hydrogen-bond acceptors (Lipinski definition) is 4. The first-order valence-corrected chi connectivity index (χ1v) is 10.8. The van der Waals surface area contributed by atoms with Crippen molar-refractivity contribution in [2.75, 3.05) is 5.32 Å². The maximum atomic E-state index is 12.8. The van der Waals surface area contributed by atoms with Gasteiger partial charge in [0.2, 0.25) is 0 Å². The van der Waals surface area contributed by atoms with Gasteiger partial charge in [-0.2, -0.15) is 0 Å². The number of benzene rings is 2. The van der Waals surface area contributed by atoms with Crippen molar-refractivity contribution in [3.63, 3.8) is 0 Å². The molecule has 2 aromatic carbocycles. The van der Waals surface area contributed by atoms with Crippen molar-refractivity contribution in [3.8, 4) is 5.75 Å². The zero-order valence-electron chi connectivity index (χ0n) is 15.4. The lowest BCUT2D eigenvalue weighted by Gasteiger charge is -2.04. The average molecular weight is 488 g/mol. The molecule has 0 saturated heterocycles. The third-order valence-corrected chi connectivity index (χ3v) is 6.22. The molecule has 4 nitrogen and oxygen atoms in total. The van der Waals surface area contributed by atoms with E-state index >= 15 is 0 Å². The zero-order chi connectivity index (χ0) is 20.4. The van der Waals surface area contributed by atoms with Gasteiger partial charge < -0.3 is 4.74 Å². The molecule has 7 heteroatoms.